The number of ether oxygens (including phenoxy) is 1. The second-order valence-corrected chi connectivity index (χ2v) is 4.32. The Morgan fingerprint density at radius 3 is 3.00 bits per heavy atom. The van der Waals surface area contributed by atoms with Gasteiger partial charge in [0.25, 0.3) is 0 Å². The summed E-state index contributed by atoms with van der Waals surface area (Å²) in [6, 6.07) is 5.84. The minimum absolute atomic E-state index is 0.851. The molecule has 0 fully saturated rings. The molecule has 0 bridgehead atoms. The van der Waals surface area contributed by atoms with Crippen molar-refractivity contribution in [3.8, 4) is 5.75 Å². The zero-order valence-electron chi connectivity index (χ0n) is 9.44. The number of aromatic nitrogens is 1. The third-order valence-electron chi connectivity index (χ3n) is 2.22. The van der Waals surface area contributed by atoms with Crippen LogP contribution < -0.4 is 10.1 Å². The van der Waals surface area contributed by atoms with Gasteiger partial charge in [0.05, 0.1) is 23.2 Å². The number of hydrogen-bond acceptors (Lipinski definition) is 4. The fourth-order valence-electron chi connectivity index (χ4n) is 1.30. The summed E-state index contributed by atoms with van der Waals surface area (Å²) in [7, 11) is 3.41. The normalized spacial score (nSPS) is 11.8. The number of rotatable bonds is 2. The van der Waals surface area contributed by atoms with Crippen molar-refractivity contribution in [3.63, 3.8) is 0 Å². The minimum Gasteiger partial charge on any atom is -0.497 e. The molecule has 0 aliphatic rings. The maximum Gasteiger partial charge on any atom is 0.189 e. The lowest BCUT2D eigenvalue weighted by atomic mass is 10.3. The Balaban J connectivity index is 2.36. The van der Waals surface area contributed by atoms with Crippen LogP contribution >= 0.6 is 11.3 Å². The molecule has 0 atom stereocenters. The Hall–Kier alpha value is -1.62. The van der Waals surface area contributed by atoms with E-state index in [0.29, 0.717) is 0 Å². The summed E-state index contributed by atoms with van der Waals surface area (Å²) in [6.45, 7) is 1.91. The van der Waals surface area contributed by atoms with E-state index >= 15 is 0 Å². The van der Waals surface area contributed by atoms with Crippen LogP contribution in [0.4, 0.5) is 5.13 Å². The van der Waals surface area contributed by atoms with Gasteiger partial charge >= 0.3 is 0 Å². The number of aliphatic imine (C=N–C) groups is 1. The van der Waals surface area contributed by atoms with E-state index in [1.165, 1.54) is 0 Å². The zero-order valence-corrected chi connectivity index (χ0v) is 10.3. The number of anilines is 1. The monoisotopic (exact) mass is 235 g/mol. The van der Waals surface area contributed by atoms with Gasteiger partial charge in [0.15, 0.2) is 5.13 Å². The number of fused-ring (bicyclic) bond motifs is 1. The van der Waals surface area contributed by atoms with Gasteiger partial charge < -0.3 is 10.1 Å². The lowest BCUT2D eigenvalue weighted by molar-refractivity contribution is 0.415. The Kier molecular flexibility index (Phi) is 3.05. The zero-order chi connectivity index (χ0) is 11.5. The molecule has 1 heterocycles. The summed E-state index contributed by atoms with van der Waals surface area (Å²) in [6.07, 6.45) is 0. The highest BCUT2D eigenvalue weighted by molar-refractivity contribution is 7.22. The smallest absolute Gasteiger partial charge is 0.189 e. The van der Waals surface area contributed by atoms with Crippen LogP contribution in [0.2, 0.25) is 0 Å². The summed E-state index contributed by atoms with van der Waals surface area (Å²) < 4.78 is 6.27. The quantitative estimate of drug-likeness (QED) is 0.643. The van der Waals surface area contributed by atoms with E-state index in [4.69, 9.17) is 4.74 Å². The van der Waals surface area contributed by atoms with Crippen molar-refractivity contribution in [2.45, 2.75) is 6.92 Å². The molecule has 0 spiro atoms. The van der Waals surface area contributed by atoms with E-state index in [0.717, 1.165) is 26.9 Å². The van der Waals surface area contributed by atoms with E-state index in [-0.39, 0.29) is 0 Å². The van der Waals surface area contributed by atoms with Gasteiger partial charge in [-0.25, -0.2) is 4.98 Å². The highest BCUT2D eigenvalue weighted by Gasteiger charge is 2.04. The van der Waals surface area contributed by atoms with Crippen LogP contribution in [0.3, 0.4) is 0 Å². The fraction of sp³-hybridized carbons (Fsp3) is 0.273. The molecule has 0 saturated heterocycles. The Morgan fingerprint density at radius 1 is 1.50 bits per heavy atom. The molecule has 0 radical (unpaired) electrons. The number of nitrogens with one attached hydrogen (secondary N) is 1. The number of nitrogens with zero attached hydrogens (tertiary/aromatic N) is 2. The Labute approximate surface area is 98.0 Å². The molecule has 2 rings (SSSR count). The van der Waals surface area contributed by atoms with Crippen molar-refractivity contribution in [3.05, 3.63) is 18.2 Å². The summed E-state index contributed by atoms with van der Waals surface area (Å²) >= 11 is 1.59. The number of methoxy groups -OCH3 is 1. The molecule has 1 aromatic carbocycles. The van der Waals surface area contributed by atoms with Crippen LogP contribution in [0.5, 0.6) is 5.75 Å². The van der Waals surface area contributed by atoms with Crippen molar-refractivity contribution in [1.29, 1.82) is 0 Å². The second kappa shape index (κ2) is 4.49. The summed E-state index contributed by atoms with van der Waals surface area (Å²) in [5.74, 6) is 1.70. The first-order chi connectivity index (χ1) is 7.72. The highest BCUT2D eigenvalue weighted by atomic mass is 32.1. The van der Waals surface area contributed by atoms with Gasteiger partial charge in [0.1, 0.15) is 5.75 Å². The summed E-state index contributed by atoms with van der Waals surface area (Å²) in [4.78, 5) is 8.48. The van der Waals surface area contributed by atoms with Crippen LogP contribution in [-0.2, 0) is 0 Å². The molecule has 4 nitrogen and oxygen atoms in total. The lowest BCUT2D eigenvalue weighted by Gasteiger charge is -1.97. The number of thiazole rings is 1. The molecule has 1 aromatic heterocycles. The maximum absolute atomic E-state index is 5.17. The number of hydrogen-bond donors (Lipinski definition) is 1. The summed E-state index contributed by atoms with van der Waals surface area (Å²) in [5, 5.41) is 3.99. The topological polar surface area (TPSA) is 46.5 Å². The Bertz CT molecular complexity index is 533. The van der Waals surface area contributed by atoms with E-state index in [1.807, 2.05) is 25.1 Å². The van der Waals surface area contributed by atoms with Crippen LogP contribution in [0.1, 0.15) is 6.92 Å². The van der Waals surface area contributed by atoms with Crippen LogP contribution in [0.25, 0.3) is 10.2 Å². The molecule has 5 heteroatoms. The van der Waals surface area contributed by atoms with Gasteiger partial charge in [-0.1, -0.05) is 11.3 Å². The fourth-order valence-corrected chi connectivity index (χ4v) is 2.24. The predicted molar refractivity (Wildman–Crippen MR) is 68.8 cm³/mol. The first-order valence-electron chi connectivity index (χ1n) is 4.88. The van der Waals surface area contributed by atoms with Crippen molar-refractivity contribution in [1.82, 2.24) is 4.98 Å². The van der Waals surface area contributed by atoms with Crippen molar-refractivity contribution in [2.24, 2.45) is 4.99 Å². The van der Waals surface area contributed by atoms with Crippen molar-refractivity contribution >= 4 is 32.5 Å². The molecular formula is C11H13N3OS. The second-order valence-electron chi connectivity index (χ2n) is 3.29. The molecule has 0 aliphatic carbocycles. The van der Waals surface area contributed by atoms with Crippen LogP contribution in [0, 0.1) is 0 Å². The van der Waals surface area contributed by atoms with Gasteiger partial charge in [-0.3, -0.25) is 4.99 Å². The van der Waals surface area contributed by atoms with Gasteiger partial charge in [0.2, 0.25) is 0 Å². The third kappa shape index (κ3) is 2.14. The molecule has 0 saturated carbocycles. The van der Waals surface area contributed by atoms with Crippen LogP contribution in [-0.4, -0.2) is 25.0 Å². The van der Waals surface area contributed by atoms with Crippen molar-refractivity contribution < 1.29 is 4.74 Å². The lowest BCUT2D eigenvalue weighted by Crippen LogP contribution is -2.05. The van der Waals surface area contributed by atoms with Crippen molar-refractivity contribution in [2.75, 3.05) is 19.5 Å². The number of amidine groups is 1. The molecule has 2 aromatic rings. The Morgan fingerprint density at radius 2 is 2.31 bits per heavy atom. The van der Waals surface area contributed by atoms with E-state index < -0.39 is 0 Å². The molecule has 0 amide bonds. The van der Waals surface area contributed by atoms with E-state index in [1.54, 1.807) is 25.5 Å². The molecule has 0 unspecified atom stereocenters. The predicted octanol–water partition coefficient (Wildman–Crippen LogP) is 2.77. The molecule has 84 valence electrons. The average Bonchev–Trinajstić information content (AvgIpc) is 2.69. The largest absolute Gasteiger partial charge is 0.497 e. The first-order valence-corrected chi connectivity index (χ1v) is 5.69. The average molecular weight is 235 g/mol. The van der Waals surface area contributed by atoms with Crippen LogP contribution in [0.15, 0.2) is 23.2 Å². The third-order valence-corrected chi connectivity index (χ3v) is 3.15. The molecular weight excluding hydrogens is 222 g/mol. The van der Waals surface area contributed by atoms with E-state index in [2.05, 4.69) is 15.3 Å². The summed E-state index contributed by atoms with van der Waals surface area (Å²) in [5.41, 5.74) is 0.970. The van der Waals surface area contributed by atoms with E-state index in [9.17, 15) is 0 Å². The molecule has 1 N–H and O–H groups in total. The molecule has 16 heavy (non-hydrogen) atoms. The van der Waals surface area contributed by atoms with Gasteiger partial charge in [-0.2, -0.15) is 0 Å². The van der Waals surface area contributed by atoms with Gasteiger partial charge in [-0.15, -0.1) is 0 Å². The standard InChI is InChI=1S/C11H13N3OS/c1-7(12-2)13-11-14-9-5-4-8(15-3)6-10(9)16-11/h4-6H,1-3H3,(H,12,13,14). The maximum atomic E-state index is 5.17. The highest BCUT2D eigenvalue weighted by Crippen LogP contribution is 2.28. The molecule has 0 aliphatic heterocycles. The SMILES string of the molecule is CN=C(C)Nc1nc2ccc(OC)cc2s1. The van der Waals surface area contributed by atoms with Gasteiger partial charge in [-0.05, 0) is 25.1 Å². The minimum atomic E-state index is 0.851. The van der Waals surface area contributed by atoms with Gasteiger partial charge in [0, 0.05) is 7.05 Å². The first kappa shape index (κ1) is 10.9. The number of benzene rings is 1.